The highest BCUT2D eigenvalue weighted by atomic mass is 16.2. The summed E-state index contributed by atoms with van der Waals surface area (Å²) in [5.74, 6) is -0.449. The quantitative estimate of drug-likeness (QED) is 0.662. The molecule has 2 N–H and O–H groups in total. The van der Waals surface area contributed by atoms with Crippen LogP contribution in [0.15, 0.2) is 72.4 Å². The number of aryl methyl sites for hydroxylation is 1. The lowest BCUT2D eigenvalue weighted by Crippen LogP contribution is -2.48. The van der Waals surface area contributed by atoms with Crippen molar-refractivity contribution in [2.24, 2.45) is 0 Å². The van der Waals surface area contributed by atoms with Crippen molar-refractivity contribution in [3.8, 4) is 0 Å². The minimum absolute atomic E-state index is 0.162. The Morgan fingerprint density at radius 1 is 0.933 bits per heavy atom. The van der Waals surface area contributed by atoms with Gasteiger partial charge < -0.3 is 15.5 Å². The fourth-order valence-corrected chi connectivity index (χ4v) is 3.62. The Morgan fingerprint density at radius 2 is 1.63 bits per heavy atom. The summed E-state index contributed by atoms with van der Waals surface area (Å²) in [4.78, 5) is 27.9. The lowest BCUT2D eigenvalue weighted by Gasteiger charge is -2.28. The Kier molecular flexibility index (Phi) is 5.91. The molecule has 4 rings (SSSR count). The molecule has 1 aliphatic rings. The lowest BCUT2D eigenvalue weighted by atomic mass is 10.0. The van der Waals surface area contributed by atoms with Crippen LogP contribution in [0.4, 0.5) is 0 Å². The van der Waals surface area contributed by atoms with E-state index >= 15 is 0 Å². The largest absolute Gasteiger partial charge is 0.335 e. The summed E-state index contributed by atoms with van der Waals surface area (Å²) in [6, 6.07) is 21.3. The molecule has 152 valence electrons. The van der Waals surface area contributed by atoms with Crippen LogP contribution in [0.2, 0.25) is 0 Å². The minimum Gasteiger partial charge on any atom is -0.335 e. The van der Waals surface area contributed by atoms with Gasteiger partial charge in [-0.3, -0.25) is 9.59 Å². The van der Waals surface area contributed by atoms with Crippen LogP contribution in [0.3, 0.4) is 0 Å². The molecule has 0 unspecified atom stereocenters. The van der Waals surface area contributed by atoms with E-state index in [2.05, 4.69) is 10.6 Å². The van der Waals surface area contributed by atoms with Crippen molar-refractivity contribution in [1.29, 1.82) is 0 Å². The average molecular weight is 399 g/mol. The lowest BCUT2D eigenvalue weighted by molar-refractivity contribution is -0.127. The van der Waals surface area contributed by atoms with E-state index in [1.54, 1.807) is 23.1 Å². The Balaban J connectivity index is 1.70. The van der Waals surface area contributed by atoms with Crippen molar-refractivity contribution in [3.05, 3.63) is 89.1 Å². The number of fused-ring (bicyclic) bond motifs is 1. The Hall–Kier alpha value is -3.44. The Labute approximate surface area is 176 Å². The van der Waals surface area contributed by atoms with Gasteiger partial charge in [-0.2, -0.15) is 0 Å². The van der Waals surface area contributed by atoms with Crippen LogP contribution in [-0.2, 0) is 4.79 Å². The molecule has 1 fully saturated rings. The number of carbonyl (C=O) groups excluding carboxylic acids is 2. The molecule has 0 radical (unpaired) electrons. The predicted molar refractivity (Wildman–Crippen MR) is 120 cm³/mol. The summed E-state index contributed by atoms with van der Waals surface area (Å²) < 4.78 is 0. The molecule has 1 aliphatic heterocycles. The molecule has 0 saturated carbocycles. The first-order valence-electron chi connectivity index (χ1n) is 10.2. The number of carbonyl (C=O) groups is 2. The van der Waals surface area contributed by atoms with E-state index in [0.717, 1.165) is 35.0 Å². The molecule has 0 atom stereocenters. The first kappa shape index (κ1) is 19.9. The molecule has 3 aromatic rings. The maximum Gasteiger partial charge on any atom is 0.270 e. The zero-order chi connectivity index (χ0) is 20.9. The Morgan fingerprint density at radius 3 is 2.40 bits per heavy atom. The highest BCUT2D eigenvalue weighted by molar-refractivity contribution is 6.06. The number of hydrogen-bond acceptors (Lipinski definition) is 3. The van der Waals surface area contributed by atoms with Gasteiger partial charge in [0.2, 0.25) is 0 Å². The third-order valence-corrected chi connectivity index (χ3v) is 5.32. The number of amides is 2. The standard InChI is InChI=1S/C25H25N3O2/c1-18-9-11-20(12-10-18)24(29)27-23(25(30)28-15-13-26-14-16-28)17-21-7-4-6-19-5-2-3-8-22(19)21/h2-12,17,26H,13-16H2,1H3,(H,27,29)/b23-17-. The summed E-state index contributed by atoms with van der Waals surface area (Å²) in [5, 5.41) is 8.25. The van der Waals surface area contributed by atoms with Gasteiger partial charge in [-0.05, 0) is 41.5 Å². The predicted octanol–water partition coefficient (Wildman–Crippen LogP) is 3.35. The molecule has 0 spiro atoms. The topological polar surface area (TPSA) is 61.4 Å². The minimum atomic E-state index is -0.287. The van der Waals surface area contributed by atoms with Crippen molar-refractivity contribution in [1.82, 2.24) is 15.5 Å². The first-order chi connectivity index (χ1) is 14.6. The van der Waals surface area contributed by atoms with Gasteiger partial charge in [0.15, 0.2) is 0 Å². The fourth-order valence-electron chi connectivity index (χ4n) is 3.62. The number of benzene rings is 3. The third-order valence-electron chi connectivity index (χ3n) is 5.32. The molecular weight excluding hydrogens is 374 g/mol. The normalized spacial score (nSPS) is 14.6. The fraction of sp³-hybridized carbons (Fsp3) is 0.200. The van der Waals surface area contributed by atoms with Gasteiger partial charge in [-0.25, -0.2) is 0 Å². The second-order valence-corrected chi connectivity index (χ2v) is 7.49. The van der Waals surface area contributed by atoms with Gasteiger partial charge in [0.25, 0.3) is 11.8 Å². The molecule has 1 heterocycles. The van der Waals surface area contributed by atoms with Gasteiger partial charge in [0.1, 0.15) is 5.70 Å². The van der Waals surface area contributed by atoms with Crippen LogP contribution in [0.1, 0.15) is 21.5 Å². The summed E-state index contributed by atoms with van der Waals surface area (Å²) in [6.45, 7) is 4.71. The van der Waals surface area contributed by atoms with Crippen molar-refractivity contribution >= 4 is 28.7 Å². The second-order valence-electron chi connectivity index (χ2n) is 7.49. The maximum absolute atomic E-state index is 13.3. The van der Waals surface area contributed by atoms with Crippen molar-refractivity contribution < 1.29 is 9.59 Å². The first-order valence-corrected chi connectivity index (χ1v) is 10.2. The summed E-state index contributed by atoms with van der Waals surface area (Å²) in [6.07, 6.45) is 1.79. The van der Waals surface area contributed by atoms with E-state index in [9.17, 15) is 9.59 Å². The van der Waals surface area contributed by atoms with Gasteiger partial charge >= 0.3 is 0 Å². The van der Waals surface area contributed by atoms with Crippen LogP contribution in [0.5, 0.6) is 0 Å². The summed E-state index contributed by atoms with van der Waals surface area (Å²) >= 11 is 0. The molecule has 0 aromatic heterocycles. The molecule has 5 heteroatoms. The molecule has 0 aliphatic carbocycles. The SMILES string of the molecule is Cc1ccc(C(=O)N/C(=C\c2cccc3ccccc23)C(=O)N2CCNCC2)cc1. The number of nitrogens with zero attached hydrogens (tertiary/aromatic N) is 1. The monoisotopic (exact) mass is 399 g/mol. The molecule has 0 bridgehead atoms. The van der Waals surface area contributed by atoms with Gasteiger partial charge in [-0.15, -0.1) is 0 Å². The zero-order valence-corrected chi connectivity index (χ0v) is 17.0. The number of piperazine rings is 1. The van der Waals surface area contributed by atoms with Crippen LogP contribution < -0.4 is 10.6 Å². The van der Waals surface area contributed by atoms with E-state index < -0.39 is 0 Å². The number of hydrogen-bond donors (Lipinski definition) is 2. The van der Waals surface area contributed by atoms with E-state index in [4.69, 9.17) is 0 Å². The van der Waals surface area contributed by atoms with Crippen molar-refractivity contribution in [3.63, 3.8) is 0 Å². The van der Waals surface area contributed by atoms with E-state index in [0.29, 0.717) is 24.4 Å². The molecule has 2 amide bonds. The third kappa shape index (κ3) is 4.42. The summed E-state index contributed by atoms with van der Waals surface area (Å²) in [5.41, 5.74) is 2.79. The zero-order valence-electron chi connectivity index (χ0n) is 17.0. The summed E-state index contributed by atoms with van der Waals surface area (Å²) in [7, 11) is 0. The molecular formula is C25H25N3O2. The number of nitrogens with one attached hydrogen (secondary N) is 2. The van der Waals surface area contributed by atoms with E-state index in [-0.39, 0.29) is 11.8 Å². The van der Waals surface area contributed by atoms with E-state index in [1.165, 1.54) is 0 Å². The molecule has 1 saturated heterocycles. The maximum atomic E-state index is 13.3. The molecule has 30 heavy (non-hydrogen) atoms. The second kappa shape index (κ2) is 8.93. The van der Waals surface area contributed by atoms with Gasteiger partial charge in [-0.1, -0.05) is 60.2 Å². The van der Waals surface area contributed by atoms with Crippen LogP contribution in [0.25, 0.3) is 16.8 Å². The van der Waals surface area contributed by atoms with Gasteiger partial charge in [0.05, 0.1) is 0 Å². The smallest absolute Gasteiger partial charge is 0.270 e. The van der Waals surface area contributed by atoms with E-state index in [1.807, 2.05) is 61.5 Å². The van der Waals surface area contributed by atoms with Crippen molar-refractivity contribution in [2.45, 2.75) is 6.92 Å². The number of rotatable bonds is 4. The Bertz CT molecular complexity index is 1090. The van der Waals surface area contributed by atoms with Gasteiger partial charge in [0, 0.05) is 31.7 Å². The van der Waals surface area contributed by atoms with Crippen LogP contribution >= 0.6 is 0 Å². The molecule has 5 nitrogen and oxygen atoms in total. The average Bonchev–Trinajstić information content (AvgIpc) is 2.79. The molecule has 3 aromatic carbocycles. The van der Waals surface area contributed by atoms with Crippen LogP contribution in [-0.4, -0.2) is 42.9 Å². The van der Waals surface area contributed by atoms with Crippen LogP contribution in [0, 0.1) is 6.92 Å². The van der Waals surface area contributed by atoms with Crippen molar-refractivity contribution in [2.75, 3.05) is 26.2 Å². The highest BCUT2D eigenvalue weighted by Crippen LogP contribution is 2.21. The highest BCUT2D eigenvalue weighted by Gasteiger charge is 2.22.